The smallest absolute Gasteiger partial charge is 0.154 e. The molecule has 2 aliphatic rings. The first-order chi connectivity index (χ1) is 17.2. The standard InChI is InChI=1S/C26H27ClN8/c1-18(35-17-32-26-23(35)14-29-16-31-26)21-13-22(27)20-3-2-6-30-24(20)25(21)34-11-9-33(10-12-34)15-19-4-7-28-8-5-19/h2-8,13-14,16,18H,9-12,15,17H2,1H3,(H,29,31,32). The van der Waals surface area contributed by atoms with Crippen LogP contribution in [0.3, 0.4) is 0 Å². The van der Waals surface area contributed by atoms with Crippen LogP contribution in [0, 0.1) is 0 Å². The Morgan fingerprint density at radius 2 is 1.86 bits per heavy atom. The summed E-state index contributed by atoms with van der Waals surface area (Å²) in [6, 6.07) is 10.4. The number of anilines is 3. The molecule has 0 radical (unpaired) electrons. The lowest BCUT2D eigenvalue weighted by Gasteiger charge is -2.39. The van der Waals surface area contributed by atoms with E-state index in [9.17, 15) is 0 Å². The first-order valence-electron chi connectivity index (χ1n) is 11.9. The Morgan fingerprint density at radius 1 is 1.03 bits per heavy atom. The molecule has 1 unspecified atom stereocenters. The monoisotopic (exact) mass is 486 g/mol. The van der Waals surface area contributed by atoms with Crippen molar-refractivity contribution in [1.82, 2.24) is 24.8 Å². The number of rotatable bonds is 5. The summed E-state index contributed by atoms with van der Waals surface area (Å²) < 4.78 is 0. The van der Waals surface area contributed by atoms with Gasteiger partial charge >= 0.3 is 0 Å². The molecular formula is C26H27ClN8. The number of hydrogen-bond donors (Lipinski definition) is 1. The maximum atomic E-state index is 6.81. The number of halogens is 1. The minimum atomic E-state index is 0.0588. The van der Waals surface area contributed by atoms with E-state index in [1.54, 1.807) is 6.33 Å². The van der Waals surface area contributed by atoms with Gasteiger partial charge in [-0.2, -0.15) is 0 Å². The Labute approximate surface area is 209 Å². The largest absolute Gasteiger partial charge is 0.367 e. The van der Waals surface area contributed by atoms with E-state index >= 15 is 0 Å². The molecule has 0 bridgehead atoms. The zero-order chi connectivity index (χ0) is 23.8. The van der Waals surface area contributed by atoms with Gasteiger partial charge in [-0.1, -0.05) is 11.6 Å². The zero-order valence-electron chi connectivity index (χ0n) is 19.6. The molecule has 0 spiro atoms. The highest BCUT2D eigenvalue weighted by atomic mass is 35.5. The Balaban J connectivity index is 1.34. The van der Waals surface area contributed by atoms with Crippen LogP contribution in [0.15, 0.2) is 61.4 Å². The third-order valence-corrected chi connectivity index (χ3v) is 7.34. The first-order valence-corrected chi connectivity index (χ1v) is 12.3. The number of fused-ring (bicyclic) bond motifs is 2. The van der Waals surface area contributed by atoms with Gasteiger partial charge in [0.2, 0.25) is 0 Å². The third-order valence-electron chi connectivity index (χ3n) is 7.03. The van der Waals surface area contributed by atoms with Crippen LogP contribution < -0.4 is 15.1 Å². The molecule has 1 N–H and O–H groups in total. The van der Waals surface area contributed by atoms with E-state index in [2.05, 4.69) is 66.2 Å². The van der Waals surface area contributed by atoms with Gasteiger partial charge in [-0.3, -0.25) is 14.9 Å². The summed E-state index contributed by atoms with van der Waals surface area (Å²) in [5, 5.41) is 5.10. The second-order valence-corrected chi connectivity index (χ2v) is 9.46. The molecule has 1 saturated heterocycles. The van der Waals surface area contributed by atoms with Crippen molar-refractivity contribution < 1.29 is 0 Å². The zero-order valence-corrected chi connectivity index (χ0v) is 20.4. The minimum absolute atomic E-state index is 0.0588. The van der Waals surface area contributed by atoms with Crippen molar-refractivity contribution in [3.8, 4) is 0 Å². The number of hydrogen-bond acceptors (Lipinski definition) is 8. The van der Waals surface area contributed by atoms with E-state index in [0.717, 1.165) is 60.2 Å². The number of nitrogens with zero attached hydrogens (tertiary/aromatic N) is 7. The van der Waals surface area contributed by atoms with Gasteiger partial charge < -0.3 is 15.1 Å². The van der Waals surface area contributed by atoms with E-state index in [4.69, 9.17) is 16.6 Å². The van der Waals surface area contributed by atoms with Gasteiger partial charge in [-0.05, 0) is 42.8 Å². The van der Waals surface area contributed by atoms with Crippen molar-refractivity contribution in [2.45, 2.75) is 19.5 Å². The van der Waals surface area contributed by atoms with Crippen LogP contribution in [0.25, 0.3) is 10.9 Å². The Morgan fingerprint density at radius 3 is 2.69 bits per heavy atom. The summed E-state index contributed by atoms with van der Waals surface area (Å²) in [5.41, 5.74) is 5.60. The maximum absolute atomic E-state index is 6.81. The van der Waals surface area contributed by atoms with Crippen LogP contribution >= 0.6 is 11.6 Å². The van der Waals surface area contributed by atoms with Crippen molar-refractivity contribution in [3.63, 3.8) is 0 Å². The normalized spacial score (nSPS) is 16.9. The van der Waals surface area contributed by atoms with Gasteiger partial charge in [-0.25, -0.2) is 9.97 Å². The molecule has 8 nitrogen and oxygen atoms in total. The van der Waals surface area contributed by atoms with Gasteiger partial charge in [0.05, 0.1) is 35.1 Å². The average Bonchev–Trinajstić information content (AvgIpc) is 3.34. The molecule has 9 heteroatoms. The maximum Gasteiger partial charge on any atom is 0.154 e. The molecule has 35 heavy (non-hydrogen) atoms. The molecule has 6 rings (SSSR count). The fraction of sp³-hybridized carbons (Fsp3) is 0.308. The molecule has 0 amide bonds. The van der Waals surface area contributed by atoms with Crippen LogP contribution in [-0.2, 0) is 6.54 Å². The van der Waals surface area contributed by atoms with Gasteiger partial charge in [0.15, 0.2) is 5.82 Å². The average molecular weight is 487 g/mol. The lowest BCUT2D eigenvalue weighted by atomic mass is 9.99. The van der Waals surface area contributed by atoms with E-state index in [0.29, 0.717) is 6.67 Å². The van der Waals surface area contributed by atoms with Gasteiger partial charge in [0.1, 0.15) is 12.0 Å². The molecule has 0 saturated carbocycles. The Bertz CT molecular complexity index is 1340. The van der Waals surface area contributed by atoms with E-state index in [1.807, 2.05) is 30.9 Å². The van der Waals surface area contributed by atoms with Gasteiger partial charge in [0, 0.05) is 62.3 Å². The van der Waals surface area contributed by atoms with Crippen LogP contribution in [0.1, 0.15) is 24.1 Å². The van der Waals surface area contributed by atoms with Crippen molar-refractivity contribution in [1.29, 1.82) is 0 Å². The highest BCUT2D eigenvalue weighted by Gasteiger charge is 2.30. The van der Waals surface area contributed by atoms with E-state index in [-0.39, 0.29) is 6.04 Å². The molecule has 1 aromatic carbocycles. The molecule has 3 aromatic heterocycles. The minimum Gasteiger partial charge on any atom is -0.367 e. The number of benzene rings is 1. The van der Waals surface area contributed by atoms with Crippen molar-refractivity contribution in [2.75, 3.05) is 48.0 Å². The quantitative estimate of drug-likeness (QED) is 0.446. The Kier molecular flexibility index (Phi) is 5.83. The summed E-state index contributed by atoms with van der Waals surface area (Å²) in [6.07, 6.45) is 9.03. The SMILES string of the molecule is CC(c1cc(Cl)c2cccnc2c1N1CCN(Cc2ccncc2)CC1)N1CNc2ncncc21. The molecule has 4 aromatic rings. The molecule has 1 atom stereocenters. The third kappa shape index (κ3) is 4.13. The molecular weight excluding hydrogens is 460 g/mol. The number of pyridine rings is 2. The second kappa shape index (κ2) is 9.28. The molecule has 5 heterocycles. The predicted molar refractivity (Wildman–Crippen MR) is 140 cm³/mol. The Hall–Kier alpha value is -3.49. The van der Waals surface area contributed by atoms with Crippen molar-refractivity contribution >= 4 is 39.7 Å². The fourth-order valence-electron chi connectivity index (χ4n) is 5.16. The van der Waals surface area contributed by atoms with E-state index < -0.39 is 0 Å². The highest BCUT2D eigenvalue weighted by molar-refractivity contribution is 6.36. The molecule has 178 valence electrons. The van der Waals surface area contributed by atoms with Crippen molar-refractivity contribution in [3.05, 3.63) is 77.6 Å². The number of nitrogens with one attached hydrogen (secondary N) is 1. The lowest BCUT2D eigenvalue weighted by molar-refractivity contribution is 0.250. The molecule has 1 fully saturated rings. The first kappa shape index (κ1) is 22.0. The summed E-state index contributed by atoms with van der Waals surface area (Å²) >= 11 is 6.81. The van der Waals surface area contributed by atoms with Gasteiger partial charge in [0.25, 0.3) is 0 Å². The fourth-order valence-corrected chi connectivity index (χ4v) is 5.43. The number of piperazine rings is 1. The summed E-state index contributed by atoms with van der Waals surface area (Å²) in [6.45, 7) is 7.64. The summed E-state index contributed by atoms with van der Waals surface area (Å²) in [5.74, 6) is 0.864. The van der Waals surface area contributed by atoms with Crippen LogP contribution in [0.4, 0.5) is 17.2 Å². The van der Waals surface area contributed by atoms with Crippen molar-refractivity contribution in [2.24, 2.45) is 0 Å². The highest BCUT2D eigenvalue weighted by Crippen LogP contribution is 2.42. The topological polar surface area (TPSA) is 73.3 Å². The van der Waals surface area contributed by atoms with E-state index in [1.165, 1.54) is 16.8 Å². The summed E-state index contributed by atoms with van der Waals surface area (Å²) in [7, 11) is 0. The molecule has 0 aliphatic carbocycles. The van der Waals surface area contributed by atoms with Crippen LogP contribution in [0.2, 0.25) is 5.02 Å². The lowest BCUT2D eigenvalue weighted by Crippen LogP contribution is -2.46. The van der Waals surface area contributed by atoms with Crippen LogP contribution in [-0.4, -0.2) is 57.7 Å². The predicted octanol–water partition coefficient (Wildman–Crippen LogP) is 4.35. The summed E-state index contributed by atoms with van der Waals surface area (Å²) in [4.78, 5) is 24.9. The second-order valence-electron chi connectivity index (χ2n) is 9.05. The molecule has 2 aliphatic heterocycles. The number of aromatic nitrogens is 4. The van der Waals surface area contributed by atoms with Crippen LogP contribution in [0.5, 0.6) is 0 Å². The van der Waals surface area contributed by atoms with Gasteiger partial charge in [-0.15, -0.1) is 0 Å².